The molecule has 90 valence electrons. The van der Waals surface area contributed by atoms with E-state index in [4.69, 9.17) is 0 Å². The Hall–Kier alpha value is -0.0800. The SMILES string of the molecule is CCC(CC)N(C)CCC1CCCCN1. The topological polar surface area (TPSA) is 15.3 Å². The lowest BCUT2D eigenvalue weighted by atomic mass is 10.0. The Labute approximate surface area is 95.4 Å². The number of rotatable bonds is 6. The zero-order valence-electron chi connectivity index (χ0n) is 10.8. The first kappa shape index (κ1) is 13.0. The van der Waals surface area contributed by atoms with Crippen molar-refractivity contribution in [2.75, 3.05) is 20.1 Å². The summed E-state index contributed by atoms with van der Waals surface area (Å²) in [6, 6.07) is 1.57. The Kier molecular flexibility index (Phi) is 6.26. The quantitative estimate of drug-likeness (QED) is 0.728. The van der Waals surface area contributed by atoms with Gasteiger partial charge in [0.15, 0.2) is 0 Å². The van der Waals surface area contributed by atoms with E-state index >= 15 is 0 Å². The minimum Gasteiger partial charge on any atom is -0.314 e. The second kappa shape index (κ2) is 7.24. The summed E-state index contributed by atoms with van der Waals surface area (Å²) in [4.78, 5) is 2.54. The van der Waals surface area contributed by atoms with Crippen molar-refractivity contribution in [2.45, 2.75) is 64.5 Å². The molecule has 0 aromatic heterocycles. The van der Waals surface area contributed by atoms with Crippen LogP contribution in [0.3, 0.4) is 0 Å². The highest BCUT2D eigenvalue weighted by atomic mass is 15.1. The molecule has 0 radical (unpaired) electrons. The van der Waals surface area contributed by atoms with E-state index in [2.05, 4.69) is 31.1 Å². The first-order valence-electron chi connectivity index (χ1n) is 6.71. The van der Waals surface area contributed by atoms with E-state index in [-0.39, 0.29) is 0 Å². The van der Waals surface area contributed by atoms with Crippen LogP contribution in [-0.4, -0.2) is 37.1 Å². The van der Waals surface area contributed by atoms with Gasteiger partial charge in [0.2, 0.25) is 0 Å². The molecule has 1 aliphatic heterocycles. The lowest BCUT2D eigenvalue weighted by Crippen LogP contribution is -2.39. The summed E-state index contributed by atoms with van der Waals surface area (Å²) < 4.78 is 0. The summed E-state index contributed by atoms with van der Waals surface area (Å²) in [5, 5.41) is 3.62. The van der Waals surface area contributed by atoms with Crippen LogP contribution in [0.25, 0.3) is 0 Å². The van der Waals surface area contributed by atoms with Gasteiger partial charge in [-0.25, -0.2) is 0 Å². The van der Waals surface area contributed by atoms with Gasteiger partial charge in [-0.2, -0.15) is 0 Å². The molecule has 2 heteroatoms. The van der Waals surface area contributed by atoms with E-state index in [1.807, 2.05) is 0 Å². The van der Waals surface area contributed by atoms with Gasteiger partial charge in [0.05, 0.1) is 0 Å². The first-order valence-corrected chi connectivity index (χ1v) is 6.71. The highest BCUT2D eigenvalue weighted by Crippen LogP contribution is 2.12. The molecule has 0 aromatic carbocycles. The van der Waals surface area contributed by atoms with Crippen LogP contribution in [0.15, 0.2) is 0 Å². The summed E-state index contributed by atoms with van der Waals surface area (Å²) in [7, 11) is 2.28. The summed E-state index contributed by atoms with van der Waals surface area (Å²) >= 11 is 0. The van der Waals surface area contributed by atoms with Crippen LogP contribution < -0.4 is 5.32 Å². The van der Waals surface area contributed by atoms with Crippen molar-refractivity contribution in [3.05, 3.63) is 0 Å². The average molecular weight is 212 g/mol. The monoisotopic (exact) mass is 212 g/mol. The lowest BCUT2D eigenvalue weighted by Gasteiger charge is -2.29. The number of hydrogen-bond acceptors (Lipinski definition) is 2. The van der Waals surface area contributed by atoms with Crippen LogP contribution in [0.5, 0.6) is 0 Å². The summed E-state index contributed by atoms with van der Waals surface area (Å²) in [6.07, 6.45) is 8.07. The van der Waals surface area contributed by atoms with Gasteiger partial charge in [-0.05, 0) is 52.2 Å². The Bertz CT molecular complexity index is 149. The number of hydrogen-bond donors (Lipinski definition) is 1. The standard InChI is InChI=1S/C13H28N2/c1-4-13(5-2)15(3)11-9-12-8-6-7-10-14-12/h12-14H,4-11H2,1-3H3. The largest absolute Gasteiger partial charge is 0.314 e. The molecule has 0 amide bonds. The Morgan fingerprint density at radius 3 is 2.53 bits per heavy atom. The van der Waals surface area contributed by atoms with Gasteiger partial charge in [0, 0.05) is 12.1 Å². The zero-order chi connectivity index (χ0) is 11.1. The molecule has 15 heavy (non-hydrogen) atoms. The van der Waals surface area contributed by atoms with Gasteiger partial charge in [-0.3, -0.25) is 0 Å². The molecule has 0 aliphatic carbocycles. The van der Waals surface area contributed by atoms with Crippen molar-refractivity contribution in [3.63, 3.8) is 0 Å². The van der Waals surface area contributed by atoms with Gasteiger partial charge in [0.1, 0.15) is 0 Å². The normalized spacial score (nSPS) is 22.6. The van der Waals surface area contributed by atoms with Crippen molar-refractivity contribution in [1.82, 2.24) is 10.2 Å². The van der Waals surface area contributed by atoms with E-state index in [1.54, 1.807) is 0 Å². The van der Waals surface area contributed by atoms with E-state index in [0.717, 1.165) is 12.1 Å². The molecule has 1 atom stereocenters. The maximum atomic E-state index is 3.62. The number of piperidine rings is 1. The number of nitrogens with one attached hydrogen (secondary N) is 1. The third-order valence-corrected chi connectivity index (χ3v) is 3.81. The van der Waals surface area contributed by atoms with E-state index in [0.29, 0.717) is 0 Å². The second-order valence-electron chi connectivity index (χ2n) is 4.89. The molecule has 1 unspecified atom stereocenters. The van der Waals surface area contributed by atoms with Gasteiger partial charge < -0.3 is 10.2 Å². The molecule has 1 aliphatic rings. The molecule has 1 N–H and O–H groups in total. The molecule has 2 nitrogen and oxygen atoms in total. The van der Waals surface area contributed by atoms with E-state index < -0.39 is 0 Å². The molecule has 0 saturated carbocycles. The highest BCUT2D eigenvalue weighted by molar-refractivity contribution is 4.74. The maximum Gasteiger partial charge on any atom is 0.00869 e. The van der Waals surface area contributed by atoms with Crippen LogP contribution in [0.4, 0.5) is 0 Å². The second-order valence-corrected chi connectivity index (χ2v) is 4.89. The summed E-state index contributed by atoms with van der Waals surface area (Å²) in [5.74, 6) is 0. The molecule has 0 spiro atoms. The molecular formula is C13H28N2. The fraction of sp³-hybridized carbons (Fsp3) is 1.00. The minimum absolute atomic E-state index is 0.786. The van der Waals surface area contributed by atoms with Gasteiger partial charge in [-0.1, -0.05) is 20.3 Å². The lowest BCUT2D eigenvalue weighted by molar-refractivity contribution is 0.211. The summed E-state index contributed by atoms with van der Waals surface area (Å²) in [6.45, 7) is 7.08. The van der Waals surface area contributed by atoms with Crippen molar-refractivity contribution in [2.24, 2.45) is 0 Å². The first-order chi connectivity index (χ1) is 7.27. The van der Waals surface area contributed by atoms with E-state index in [1.165, 1.54) is 51.6 Å². The summed E-state index contributed by atoms with van der Waals surface area (Å²) in [5.41, 5.74) is 0. The van der Waals surface area contributed by atoms with Crippen molar-refractivity contribution >= 4 is 0 Å². The van der Waals surface area contributed by atoms with Crippen LogP contribution in [0.1, 0.15) is 52.4 Å². The molecule has 1 fully saturated rings. The maximum absolute atomic E-state index is 3.62. The fourth-order valence-corrected chi connectivity index (χ4v) is 2.62. The van der Waals surface area contributed by atoms with Crippen LogP contribution in [-0.2, 0) is 0 Å². The molecule has 1 heterocycles. The predicted molar refractivity (Wildman–Crippen MR) is 67.3 cm³/mol. The van der Waals surface area contributed by atoms with Crippen molar-refractivity contribution in [3.8, 4) is 0 Å². The number of nitrogens with zero attached hydrogens (tertiary/aromatic N) is 1. The fourth-order valence-electron chi connectivity index (χ4n) is 2.62. The molecule has 0 bridgehead atoms. The molecular weight excluding hydrogens is 184 g/mol. The Morgan fingerprint density at radius 2 is 2.00 bits per heavy atom. The third kappa shape index (κ3) is 4.52. The molecule has 1 saturated heterocycles. The van der Waals surface area contributed by atoms with Crippen molar-refractivity contribution in [1.29, 1.82) is 0 Å². The van der Waals surface area contributed by atoms with Crippen LogP contribution in [0.2, 0.25) is 0 Å². The zero-order valence-corrected chi connectivity index (χ0v) is 10.8. The predicted octanol–water partition coefficient (Wildman–Crippen LogP) is 2.64. The Morgan fingerprint density at radius 1 is 1.27 bits per heavy atom. The molecule has 1 rings (SSSR count). The van der Waals surface area contributed by atoms with Crippen LogP contribution >= 0.6 is 0 Å². The van der Waals surface area contributed by atoms with Gasteiger partial charge >= 0.3 is 0 Å². The van der Waals surface area contributed by atoms with Crippen LogP contribution in [0, 0.1) is 0 Å². The smallest absolute Gasteiger partial charge is 0.00869 e. The van der Waals surface area contributed by atoms with E-state index in [9.17, 15) is 0 Å². The van der Waals surface area contributed by atoms with Crippen molar-refractivity contribution < 1.29 is 0 Å². The van der Waals surface area contributed by atoms with Gasteiger partial charge in [-0.15, -0.1) is 0 Å². The third-order valence-electron chi connectivity index (χ3n) is 3.81. The van der Waals surface area contributed by atoms with Gasteiger partial charge in [0.25, 0.3) is 0 Å². The Balaban J connectivity index is 2.16. The average Bonchev–Trinajstić information content (AvgIpc) is 2.29. The highest BCUT2D eigenvalue weighted by Gasteiger charge is 2.15. The minimum atomic E-state index is 0.786. The molecule has 0 aromatic rings.